The Kier molecular flexibility index (Phi) is 6.38. The van der Waals surface area contributed by atoms with Crippen molar-refractivity contribution in [3.63, 3.8) is 0 Å². The summed E-state index contributed by atoms with van der Waals surface area (Å²) < 4.78 is 10.6. The maximum atomic E-state index is 12.5. The highest BCUT2D eigenvalue weighted by atomic mass is 16.5. The van der Waals surface area contributed by atoms with Crippen LogP contribution in [0.4, 0.5) is 0 Å². The van der Waals surface area contributed by atoms with Gasteiger partial charge in [-0.15, -0.1) is 0 Å². The Bertz CT molecular complexity index is 803. The molecule has 1 saturated heterocycles. The van der Waals surface area contributed by atoms with Crippen LogP contribution >= 0.6 is 0 Å². The first-order valence-electron chi connectivity index (χ1n) is 8.92. The van der Waals surface area contributed by atoms with Gasteiger partial charge >= 0.3 is 0 Å². The van der Waals surface area contributed by atoms with E-state index in [0.29, 0.717) is 44.8 Å². The molecule has 3 rings (SSSR count). The van der Waals surface area contributed by atoms with E-state index in [1.54, 1.807) is 18.1 Å². The maximum Gasteiger partial charge on any atom is 0.269 e. The number of carbonyl (C=O) groups excluding carboxylic acids is 2. The Balaban J connectivity index is 1.59. The van der Waals surface area contributed by atoms with Crippen molar-refractivity contribution < 1.29 is 19.1 Å². The molecule has 7 nitrogen and oxygen atoms in total. The number of pyridine rings is 1. The van der Waals surface area contributed by atoms with Crippen LogP contribution in [0.1, 0.15) is 26.4 Å². The van der Waals surface area contributed by atoms with Crippen LogP contribution in [0.3, 0.4) is 0 Å². The Morgan fingerprint density at radius 3 is 2.78 bits per heavy atom. The highest BCUT2D eigenvalue weighted by molar-refractivity contribution is 5.98. The summed E-state index contributed by atoms with van der Waals surface area (Å²) in [4.78, 5) is 30.8. The number of nitrogens with zero attached hydrogens (tertiary/aromatic N) is 2. The smallest absolute Gasteiger partial charge is 0.269 e. The van der Waals surface area contributed by atoms with Crippen LogP contribution in [0.25, 0.3) is 0 Å². The molecule has 1 aliphatic rings. The van der Waals surface area contributed by atoms with Gasteiger partial charge in [-0.2, -0.15) is 0 Å². The molecule has 0 radical (unpaired) electrons. The largest absolute Gasteiger partial charge is 0.496 e. The van der Waals surface area contributed by atoms with Gasteiger partial charge in [0.25, 0.3) is 11.8 Å². The fourth-order valence-corrected chi connectivity index (χ4v) is 2.95. The zero-order valence-electron chi connectivity index (χ0n) is 15.3. The lowest BCUT2D eigenvalue weighted by Crippen LogP contribution is -2.40. The summed E-state index contributed by atoms with van der Waals surface area (Å²) in [5.74, 6) is 0.383. The highest BCUT2D eigenvalue weighted by Gasteiger charge is 2.20. The zero-order chi connectivity index (χ0) is 19.1. The number of hydrogen-bond acceptors (Lipinski definition) is 5. The molecule has 0 saturated carbocycles. The summed E-state index contributed by atoms with van der Waals surface area (Å²) in [6.07, 6.45) is 2.13. The molecule has 0 spiro atoms. The molecule has 2 amide bonds. The van der Waals surface area contributed by atoms with E-state index in [4.69, 9.17) is 9.47 Å². The van der Waals surface area contributed by atoms with Crippen LogP contribution in [-0.2, 0) is 11.2 Å². The molecule has 27 heavy (non-hydrogen) atoms. The SMILES string of the molecule is COc1ccccc1CCNC(=O)c1cc(C(=O)N2CCOCC2)ccn1. The first-order chi connectivity index (χ1) is 13.2. The quantitative estimate of drug-likeness (QED) is 0.835. The molecular weight excluding hydrogens is 346 g/mol. The molecule has 1 N–H and O–H groups in total. The average molecular weight is 369 g/mol. The zero-order valence-corrected chi connectivity index (χ0v) is 15.3. The second kappa shape index (κ2) is 9.14. The molecule has 7 heteroatoms. The molecule has 2 aromatic rings. The minimum atomic E-state index is -0.304. The first kappa shape index (κ1) is 18.8. The van der Waals surface area contributed by atoms with Crippen molar-refractivity contribution in [1.82, 2.24) is 15.2 Å². The van der Waals surface area contributed by atoms with Crippen molar-refractivity contribution >= 4 is 11.8 Å². The van der Waals surface area contributed by atoms with Crippen LogP contribution in [-0.4, -0.2) is 61.7 Å². The third-order valence-electron chi connectivity index (χ3n) is 4.41. The maximum absolute atomic E-state index is 12.5. The standard InChI is InChI=1S/C20H23N3O4/c1-26-18-5-3-2-4-15(18)6-9-22-19(24)17-14-16(7-8-21-17)20(25)23-10-12-27-13-11-23/h2-5,7-8,14H,6,9-13H2,1H3,(H,22,24). The number of morpholine rings is 1. The Hall–Kier alpha value is -2.93. The summed E-state index contributed by atoms with van der Waals surface area (Å²) >= 11 is 0. The molecule has 1 aromatic heterocycles. The normalized spacial score (nSPS) is 13.9. The molecule has 2 heterocycles. The van der Waals surface area contributed by atoms with E-state index < -0.39 is 0 Å². The molecule has 0 bridgehead atoms. The molecule has 1 fully saturated rings. The second-order valence-corrected chi connectivity index (χ2v) is 6.15. The van der Waals surface area contributed by atoms with Gasteiger partial charge in [0.05, 0.1) is 20.3 Å². The fraction of sp³-hybridized carbons (Fsp3) is 0.350. The lowest BCUT2D eigenvalue weighted by Gasteiger charge is -2.26. The summed E-state index contributed by atoms with van der Waals surface area (Å²) in [5.41, 5.74) is 1.71. The van der Waals surface area contributed by atoms with E-state index in [1.807, 2.05) is 24.3 Å². The molecular formula is C20H23N3O4. The van der Waals surface area contributed by atoms with Gasteiger partial charge in [0.15, 0.2) is 0 Å². The number of hydrogen-bond donors (Lipinski definition) is 1. The predicted molar refractivity (Wildman–Crippen MR) is 100.0 cm³/mol. The topological polar surface area (TPSA) is 80.8 Å². The third kappa shape index (κ3) is 4.83. The summed E-state index contributed by atoms with van der Waals surface area (Å²) in [6, 6.07) is 10.9. The second-order valence-electron chi connectivity index (χ2n) is 6.15. The summed E-state index contributed by atoms with van der Waals surface area (Å²) in [6.45, 7) is 2.63. The van der Waals surface area contributed by atoms with Crippen LogP contribution in [0, 0.1) is 0 Å². The van der Waals surface area contributed by atoms with E-state index in [0.717, 1.165) is 11.3 Å². The summed E-state index contributed by atoms with van der Waals surface area (Å²) in [5, 5.41) is 2.84. The van der Waals surface area contributed by atoms with Crippen molar-refractivity contribution in [2.45, 2.75) is 6.42 Å². The molecule has 1 aromatic carbocycles. The number of nitrogens with one attached hydrogen (secondary N) is 1. The van der Waals surface area contributed by atoms with Gasteiger partial charge in [-0.1, -0.05) is 18.2 Å². The highest BCUT2D eigenvalue weighted by Crippen LogP contribution is 2.17. The predicted octanol–water partition coefficient (Wildman–Crippen LogP) is 1.54. The Labute approximate surface area is 158 Å². The monoisotopic (exact) mass is 369 g/mol. The average Bonchev–Trinajstić information content (AvgIpc) is 2.74. The molecule has 0 unspecified atom stereocenters. The number of carbonyl (C=O) groups is 2. The van der Waals surface area contributed by atoms with Gasteiger partial charge in [0, 0.05) is 31.4 Å². The third-order valence-corrected chi connectivity index (χ3v) is 4.41. The first-order valence-corrected chi connectivity index (χ1v) is 8.92. The number of benzene rings is 1. The van der Waals surface area contributed by atoms with Gasteiger partial charge in [0.2, 0.25) is 0 Å². The van der Waals surface area contributed by atoms with E-state index in [-0.39, 0.29) is 17.5 Å². The van der Waals surface area contributed by atoms with E-state index in [9.17, 15) is 9.59 Å². The van der Waals surface area contributed by atoms with Crippen LogP contribution in [0.15, 0.2) is 42.6 Å². The molecule has 0 aliphatic carbocycles. The lowest BCUT2D eigenvalue weighted by atomic mass is 10.1. The van der Waals surface area contributed by atoms with Crippen molar-refractivity contribution in [3.05, 3.63) is 59.4 Å². The molecule has 142 valence electrons. The van der Waals surface area contributed by atoms with E-state index in [2.05, 4.69) is 10.3 Å². The number of rotatable bonds is 6. The number of amides is 2. The Morgan fingerprint density at radius 1 is 1.22 bits per heavy atom. The fourth-order valence-electron chi connectivity index (χ4n) is 2.95. The minimum absolute atomic E-state index is 0.108. The van der Waals surface area contributed by atoms with Crippen LogP contribution < -0.4 is 10.1 Å². The molecule has 1 aliphatic heterocycles. The van der Waals surface area contributed by atoms with Gasteiger partial charge < -0.3 is 19.7 Å². The van der Waals surface area contributed by atoms with Gasteiger partial charge in [0.1, 0.15) is 11.4 Å². The van der Waals surface area contributed by atoms with E-state index >= 15 is 0 Å². The molecule has 0 atom stereocenters. The minimum Gasteiger partial charge on any atom is -0.496 e. The van der Waals surface area contributed by atoms with Crippen molar-refractivity contribution in [3.8, 4) is 5.75 Å². The van der Waals surface area contributed by atoms with Crippen LogP contribution in [0.5, 0.6) is 5.75 Å². The number of ether oxygens (including phenoxy) is 2. The van der Waals surface area contributed by atoms with E-state index in [1.165, 1.54) is 12.3 Å². The Morgan fingerprint density at radius 2 is 2.00 bits per heavy atom. The van der Waals surface area contributed by atoms with Crippen molar-refractivity contribution in [2.75, 3.05) is 40.0 Å². The van der Waals surface area contributed by atoms with Gasteiger partial charge in [-0.05, 0) is 30.2 Å². The van der Waals surface area contributed by atoms with Crippen LogP contribution in [0.2, 0.25) is 0 Å². The van der Waals surface area contributed by atoms with Gasteiger partial charge in [-0.3, -0.25) is 14.6 Å². The summed E-state index contributed by atoms with van der Waals surface area (Å²) in [7, 11) is 1.62. The number of para-hydroxylation sites is 1. The number of methoxy groups -OCH3 is 1. The number of aromatic nitrogens is 1. The lowest BCUT2D eigenvalue weighted by molar-refractivity contribution is 0.0303. The van der Waals surface area contributed by atoms with Gasteiger partial charge in [-0.25, -0.2) is 0 Å². The van der Waals surface area contributed by atoms with Crippen molar-refractivity contribution in [1.29, 1.82) is 0 Å². The van der Waals surface area contributed by atoms with Crippen molar-refractivity contribution in [2.24, 2.45) is 0 Å².